The van der Waals surface area contributed by atoms with Crippen molar-refractivity contribution in [3.05, 3.63) is 63.9 Å². The second kappa shape index (κ2) is 5.44. The smallest absolute Gasteiger partial charge is 0.191 e. The largest absolute Gasteiger partial charge is 0.483 e. The second-order valence-corrected chi connectivity index (χ2v) is 4.49. The number of hydrogen-bond donors (Lipinski definition) is 0. The van der Waals surface area contributed by atoms with E-state index >= 15 is 0 Å². The lowest BCUT2D eigenvalue weighted by molar-refractivity contribution is 0.269. The first kappa shape index (κ1) is 13.0. The zero-order valence-electron chi connectivity index (χ0n) is 9.09. The molecule has 0 fully saturated rings. The topological polar surface area (TPSA) is 9.23 Å². The van der Waals surface area contributed by atoms with Gasteiger partial charge >= 0.3 is 0 Å². The van der Waals surface area contributed by atoms with Gasteiger partial charge in [0.05, 0.1) is 0 Å². The van der Waals surface area contributed by atoms with Crippen molar-refractivity contribution in [1.82, 2.24) is 0 Å². The van der Waals surface area contributed by atoms with Gasteiger partial charge in [0.1, 0.15) is 12.4 Å². The minimum Gasteiger partial charge on any atom is -0.483 e. The monoisotopic (exact) mass is 316 g/mol. The standard InChI is InChI=1S/C13H8BrF3O/c14-9-5-4-8(12(17)6-9)7-18-13-10(15)2-1-3-11(13)16/h1-6H,7H2. The van der Waals surface area contributed by atoms with Crippen LogP contribution in [0, 0.1) is 17.5 Å². The van der Waals surface area contributed by atoms with Crippen molar-refractivity contribution in [3.63, 3.8) is 0 Å². The van der Waals surface area contributed by atoms with Crippen LogP contribution in [0.3, 0.4) is 0 Å². The quantitative estimate of drug-likeness (QED) is 0.813. The fourth-order valence-electron chi connectivity index (χ4n) is 1.41. The molecular weight excluding hydrogens is 309 g/mol. The first-order chi connectivity index (χ1) is 8.58. The lowest BCUT2D eigenvalue weighted by Crippen LogP contribution is -2.01. The zero-order valence-corrected chi connectivity index (χ0v) is 10.7. The summed E-state index contributed by atoms with van der Waals surface area (Å²) in [6.45, 7) is -0.239. The van der Waals surface area contributed by atoms with Crippen LogP contribution in [-0.4, -0.2) is 0 Å². The first-order valence-corrected chi connectivity index (χ1v) is 5.88. The van der Waals surface area contributed by atoms with Crippen LogP contribution in [0.1, 0.15) is 5.56 Å². The highest BCUT2D eigenvalue weighted by atomic mass is 79.9. The van der Waals surface area contributed by atoms with Gasteiger partial charge in [-0.15, -0.1) is 0 Å². The molecule has 0 saturated heterocycles. The van der Waals surface area contributed by atoms with Gasteiger partial charge in [-0.3, -0.25) is 0 Å². The molecule has 0 aromatic heterocycles. The Labute approximate surface area is 110 Å². The van der Waals surface area contributed by atoms with Crippen molar-refractivity contribution >= 4 is 15.9 Å². The molecule has 2 aromatic rings. The molecule has 0 radical (unpaired) electrons. The highest BCUT2D eigenvalue weighted by molar-refractivity contribution is 9.10. The molecule has 0 N–H and O–H groups in total. The Balaban J connectivity index is 2.16. The Kier molecular flexibility index (Phi) is 3.91. The Morgan fingerprint density at radius 3 is 2.22 bits per heavy atom. The summed E-state index contributed by atoms with van der Waals surface area (Å²) < 4.78 is 45.5. The summed E-state index contributed by atoms with van der Waals surface area (Å²) in [5, 5.41) is 0. The van der Waals surface area contributed by atoms with Crippen molar-refractivity contribution in [2.24, 2.45) is 0 Å². The van der Waals surface area contributed by atoms with E-state index in [1.54, 1.807) is 6.07 Å². The number of benzene rings is 2. The van der Waals surface area contributed by atoms with E-state index in [0.717, 1.165) is 12.1 Å². The summed E-state index contributed by atoms with van der Waals surface area (Å²) in [5.41, 5.74) is 0.223. The predicted molar refractivity (Wildman–Crippen MR) is 64.8 cm³/mol. The summed E-state index contributed by atoms with van der Waals surface area (Å²) in [6.07, 6.45) is 0. The van der Waals surface area contributed by atoms with Crippen LogP contribution >= 0.6 is 15.9 Å². The number of rotatable bonds is 3. The number of halogens is 4. The number of ether oxygens (including phenoxy) is 1. The van der Waals surface area contributed by atoms with Crippen molar-refractivity contribution in [2.75, 3.05) is 0 Å². The molecule has 1 nitrogen and oxygen atoms in total. The molecule has 0 heterocycles. The van der Waals surface area contributed by atoms with Crippen molar-refractivity contribution in [3.8, 4) is 5.75 Å². The van der Waals surface area contributed by atoms with Gasteiger partial charge in [-0.1, -0.05) is 28.1 Å². The Bertz CT molecular complexity index is 552. The van der Waals surface area contributed by atoms with Crippen LogP contribution in [0.4, 0.5) is 13.2 Å². The average molecular weight is 317 g/mol. The van der Waals surface area contributed by atoms with Gasteiger partial charge < -0.3 is 4.74 Å². The van der Waals surface area contributed by atoms with Gasteiger partial charge in [0, 0.05) is 10.0 Å². The number of para-hydroxylation sites is 1. The van der Waals surface area contributed by atoms with Crippen LogP contribution in [-0.2, 0) is 6.61 Å². The summed E-state index contributed by atoms with van der Waals surface area (Å²) in [4.78, 5) is 0. The molecule has 0 aliphatic carbocycles. The van der Waals surface area contributed by atoms with Gasteiger partial charge in [-0.2, -0.15) is 0 Å². The molecule has 0 bridgehead atoms. The normalized spacial score (nSPS) is 10.4. The lowest BCUT2D eigenvalue weighted by Gasteiger charge is -2.09. The van der Waals surface area contributed by atoms with Gasteiger partial charge in [0.15, 0.2) is 17.4 Å². The van der Waals surface area contributed by atoms with Gasteiger partial charge in [-0.05, 0) is 24.3 Å². The third-order valence-electron chi connectivity index (χ3n) is 2.31. The van der Waals surface area contributed by atoms with E-state index in [1.165, 1.54) is 18.2 Å². The second-order valence-electron chi connectivity index (χ2n) is 3.58. The van der Waals surface area contributed by atoms with Gasteiger partial charge in [0.25, 0.3) is 0 Å². The van der Waals surface area contributed by atoms with Crippen LogP contribution < -0.4 is 4.74 Å². The molecule has 0 atom stereocenters. The molecular formula is C13H8BrF3O. The van der Waals surface area contributed by atoms with Crippen LogP contribution in [0.25, 0.3) is 0 Å². The summed E-state index contributed by atoms with van der Waals surface area (Å²) in [5.74, 6) is -2.62. The molecule has 0 unspecified atom stereocenters. The minimum atomic E-state index is -0.812. The third kappa shape index (κ3) is 2.85. The SMILES string of the molecule is Fc1cc(Br)ccc1COc1c(F)cccc1F. The minimum absolute atomic E-state index is 0.223. The summed E-state index contributed by atoms with van der Waals surface area (Å²) >= 11 is 3.11. The zero-order chi connectivity index (χ0) is 13.1. The van der Waals surface area contributed by atoms with Crippen LogP contribution in [0.5, 0.6) is 5.75 Å². The van der Waals surface area contributed by atoms with Crippen molar-refractivity contribution < 1.29 is 17.9 Å². The first-order valence-electron chi connectivity index (χ1n) is 5.08. The van der Waals surface area contributed by atoms with Gasteiger partial charge in [-0.25, -0.2) is 13.2 Å². The molecule has 0 saturated carbocycles. The van der Waals surface area contributed by atoms with E-state index in [0.29, 0.717) is 4.47 Å². The van der Waals surface area contributed by atoms with E-state index in [2.05, 4.69) is 15.9 Å². The van der Waals surface area contributed by atoms with E-state index in [-0.39, 0.29) is 12.2 Å². The van der Waals surface area contributed by atoms with Crippen LogP contribution in [0.2, 0.25) is 0 Å². The van der Waals surface area contributed by atoms with E-state index in [9.17, 15) is 13.2 Å². The maximum atomic E-state index is 13.5. The van der Waals surface area contributed by atoms with Crippen LogP contribution in [0.15, 0.2) is 40.9 Å². The molecule has 94 valence electrons. The van der Waals surface area contributed by atoms with Crippen molar-refractivity contribution in [1.29, 1.82) is 0 Å². The van der Waals surface area contributed by atoms with Gasteiger partial charge in [0.2, 0.25) is 0 Å². The Morgan fingerprint density at radius 1 is 0.944 bits per heavy atom. The predicted octanol–water partition coefficient (Wildman–Crippen LogP) is 4.45. The Morgan fingerprint density at radius 2 is 1.61 bits per heavy atom. The number of hydrogen-bond acceptors (Lipinski definition) is 1. The molecule has 5 heteroatoms. The maximum absolute atomic E-state index is 13.5. The maximum Gasteiger partial charge on any atom is 0.191 e. The highest BCUT2D eigenvalue weighted by Crippen LogP contribution is 2.23. The molecule has 2 rings (SSSR count). The average Bonchev–Trinajstić information content (AvgIpc) is 2.31. The third-order valence-corrected chi connectivity index (χ3v) is 2.80. The highest BCUT2D eigenvalue weighted by Gasteiger charge is 2.11. The summed E-state index contributed by atoms with van der Waals surface area (Å²) in [7, 11) is 0. The van der Waals surface area contributed by atoms with E-state index in [1.807, 2.05) is 0 Å². The fourth-order valence-corrected chi connectivity index (χ4v) is 1.74. The Hall–Kier alpha value is -1.49. The van der Waals surface area contributed by atoms with Crippen molar-refractivity contribution in [2.45, 2.75) is 6.61 Å². The fraction of sp³-hybridized carbons (Fsp3) is 0.0769. The van der Waals surface area contributed by atoms with E-state index in [4.69, 9.17) is 4.74 Å². The summed E-state index contributed by atoms with van der Waals surface area (Å²) in [6, 6.07) is 7.76. The van der Waals surface area contributed by atoms with E-state index < -0.39 is 23.2 Å². The molecule has 0 spiro atoms. The lowest BCUT2D eigenvalue weighted by atomic mass is 10.2. The molecule has 0 aliphatic heterocycles. The molecule has 0 amide bonds. The molecule has 2 aromatic carbocycles. The molecule has 0 aliphatic rings. The molecule has 18 heavy (non-hydrogen) atoms.